The van der Waals surface area contributed by atoms with E-state index in [1.54, 1.807) is 30.3 Å². The van der Waals surface area contributed by atoms with Crippen LogP contribution in [0.5, 0.6) is 5.75 Å². The van der Waals surface area contributed by atoms with Crippen LogP contribution in [-0.4, -0.2) is 16.7 Å². The highest BCUT2D eigenvalue weighted by Crippen LogP contribution is 2.29. The molecule has 1 aromatic heterocycles. The average Bonchev–Trinajstić information content (AvgIpc) is 2.83. The molecule has 19 heavy (non-hydrogen) atoms. The van der Waals surface area contributed by atoms with Crippen LogP contribution in [0.2, 0.25) is 0 Å². The first-order valence-electron chi connectivity index (χ1n) is 5.62. The van der Waals surface area contributed by atoms with Gasteiger partial charge < -0.3 is 4.74 Å². The quantitative estimate of drug-likeness (QED) is 0.733. The normalized spacial score (nSPS) is 10.6. The van der Waals surface area contributed by atoms with Crippen molar-refractivity contribution in [2.45, 2.75) is 0 Å². The summed E-state index contributed by atoms with van der Waals surface area (Å²) in [6.45, 7) is 0.374. The number of ether oxygens (including phenoxy) is 1. The number of hydrogen-bond donors (Lipinski definition) is 1. The van der Waals surface area contributed by atoms with Gasteiger partial charge in [0.05, 0.1) is 5.52 Å². The van der Waals surface area contributed by atoms with Gasteiger partial charge in [0.2, 0.25) is 0 Å². The number of nitrogens with zero attached hydrogens (tertiary/aromatic N) is 1. The van der Waals surface area contributed by atoms with E-state index < -0.39 is 0 Å². The lowest BCUT2D eigenvalue weighted by atomic mass is 10.1. The molecule has 5 heteroatoms. The average molecular weight is 256 g/mol. The number of aromatic amines is 1. The number of carbonyl (C=O) groups excluding carboxylic acids is 1. The monoisotopic (exact) mass is 256 g/mol. The van der Waals surface area contributed by atoms with E-state index in [0.29, 0.717) is 17.9 Å². The van der Waals surface area contributed by atoms with Crippen LogP contribution in [0.4, 0.5) is 4.39 Å². The number of halogens is 1. The van der Waals surface area contributed by atoms with Crippen LogP contribution in [0.15, 0.2) is 42.5 Å². The second kappa shape index (κ2) is 4.53. The Morgan fingerprint density at radius 2 is 1.95 bits per heavy atom. The van der Waals surface area contributed by atoms with E-state index in [4.69, 9.17) is 4.74 Å². The summed E-state index contributed by atoms with van der Waals surface area (Å²) in [5, 5.41) is 7.90. The molecule has 1 heterocycles. The molecule has 0 spiro atoms. The van der Waals surface area contributed by atoms with Crippen molar-refractivity contribution >= 4 is 17.4 Å². The van der Waals surface area contributed by atoms with Gasteiger partial charge in [0.1, 0.15) is 17.3 Å². The highest BCUT2D eigenvalue weighted by molar-refractivity contribution is 5.93. The Hall–Kier alpha value is -2.69. The summed E-state index contributed by atoms with van der Waals surface area (Å²) >= 11 is 0. The Labute approximate surface area is 107 Å². The van der Waals surface area contributed by atoms with Crippen LogP contribution in [0, 0.1) is 5.82 Å². The number of carbonyl (C=O) groups is 1. The molecule has 0 aliphatic rings. The smallest absolute Gasteiger partial charge is 0.298 e. The molecular formula is C14H9FN2O2. The fourth-order valence-electron chi connectivity index (χ4n) is 1.95. The maximum Gasteiger partial charge on any atom is 0.298 e. The summed E-state index contributed by atoms with van der Waals surface area (Å²) in [6.07, 6.45) is 0. The molecule has 0 radical (unpaired) electrons. The molecule has 2 aromatic carbocycles. The number of aromatic nitrogens is 2. The van der Waals surface area contributed by atoms with Crippen LogP contribution in [0.25, 0.3) is 22.2 Å². The number of nitrogens with one attached hydrogen (secondary N) is 1. The van der Waals surface area contributed by atoms with Crippen LogP contribution < -0.4 is 4.74 Å². The van der Waals surface area contributed by atoms with Gasteiger partial charge in [-0.2, -0.15) is 5.10 Å². The fraction of sp³-hybridized carbons (Fsp3) is 0. The molecule has 94 valence electrons. The Morgan fingerprint density at radius 3 is 2.68 bits per heavy atom. The molecule has 3 rings (SSSR count). The molecule has 0 fully saturated rings. The van der Waals surface area contributed by atoms with Crippen LogP contribution in [-0.2, 0) is 4.79 Å². The van der Waals surface area contributed by atoms with E-state index in [2.05, 4.69) is 10.2 Å². The number of rotatable bonds is 3. The van der Waals surface area contributed by atoms with E-state index >= 15 is 0 Å². The molecule has 0 bridgehead atoms. The summed E-state index contributed by atoms with van der Waals surface area (Å²) in [5.41, 5.74) is 2.29. The van der Waals surface area contributed by atoms with Crippen molar-refractivity contribution in [1.82, 2.24) is 10.2 Å². The van der Waals surface area contributed by atoms with Gasteiger partial charge in [-0.1, -0.05) is 0 Å². The SMILES string of the molecule is O=COc1ccc2[nH]nc(-c3ccc(F)cc3)c2c1. The topological polar surface area (TPSA) is 55.0 Å². The molecule has 0 saturated heterocycles. The minimum absolute atomic E-state index is 0.298. The maximum atomic E-state index is 12.9. The Kier molecular flexibility index (Phi) is 2.72. The molecule has 0 aliphatic heterocycles. The molecule has 0 atom stereocenters. The van der Waals surface area contributed by atoms with Gasteiger partial charge in [-0.15, -0.1) is 0 Å². The van der Waals surface area contributed by atoms with Crippen molar-refractivity contribution in [1.29, 1.82) is 0 Å². The van der Waals surface area contributed by atoms with E-state index in [1.807, 2.05) is 0 Å². The lowest BCUT2D eigenvalue weighted by Crippen LogP contribution is -1.87. The number of fused-ring (bicyclic) bond motifs is 1. The van der Waals surface area contributed by atoms with Crippen molar-refractivity contribution in [2.24, 2.45) is 0 Å². The highest BCUT2D eigenvalue weighted by Gasteiger charge is 2.09. The van der Waals surface area contributed by atoms with Gasteiger partial charge in [-0.3, -0.25) is 9.89 Å². The van der Waals surface area contributed by atoms with E-state index in [-0.39, 0.29) is 5.82 Å². The second-order valence-corrected chi connectivity index (χ2v) is 4.00. The van der Waals surface area contributed by atoms with Gasteiger partial charge in [-0.25, -0.2) is 4.39 Å². The van der Waals surface area contributed by atoms with E-state index in [1.165, 1.54) is 12.1 Å². The Balaban J connectivity index is 2.15. The molecule has 1 N–H and O–H groups in total. The molecule has 4 nitrogen and oxygen atoms in total. The summed E-state index contributed by atoms with van der Waals surface area (Å²) in [5.74, 6) is 0.140. The summed E-state index contributed by atoms with van der Waals surface area (Å²) in [4.78, 5) is 10.4. The number of H-pyrrole nitrogens is 1. The third kappa shape index (κ3) is 2.06. The Bertz CT molecular complexity index is 735. The first kappa shape index (κ1) is 11.4. The van der Waals surface area contributed by atoms with Crippen LogP contribution >= 0.6 is 0 Å². The zero-order valence-electron chi connectivity index (χ0n) is 9.76. The summed E-state index contributed by atoms with van der Waals surface area (Å²) in [6, 6.07) is 11.2. The van der Waals surface area contributed by atoms with Crippen molar-refractivity contribution in [2.75, 3.05) is 0 Å². The maximum absolute atomic E-state index is 12.9. The van der Waals surface area contributed by atoms with Gasteiger partial charge in [0.15, 0.2) is 0 Å². The molecule has 0 unspecified atom stereocenters. The predicted octanol–water partition coefficient (Wildman–Crippen LogP) is 2.90. The van der Waals surface area contributed by atoms with Crippen molar-refractivity contribution in [3.63, 3.8) is 0 Å². The second-order valence-electron chi connectivity index (χ2n) is 4.00. The molecule has 0 amide bonds. The van der Waals surface area contributed by atoms with Crippen molar-refractivity contribution in [3.05, 3.63) is 48.3 Å². The number of hydrogen-bond acceptors (Lipinski definition) is 3. The lowest BCUT2D eigenvalue weighted by molar-refractivity contribution is -0.120. The molecule has 3 aromatic rings. The molecular weight excluding hydrogens is 247 g/mol. The van der Waals surface area contributed by atoms with E-state index in [9.17, 15) is 9.18 Å². The first-order valence-corrected chi connectivity index (χ1v) is 5.62. The predicted molar refractivity (Wildman–Crippen MR) is 68.2 cm³/mol. The van der Waals surface area contributed by atoms with Crippen LogP contribution in [0.1, 0.15) is 0 Å². The third-order valence-electron chi connectivity index (χ3n) is 2.84. The van der Waals surface area contributed by atoms with E-state index in [0.717, 1.165) is 16.5 Å². The minimum atomic E-state index is -0.298. The largest absolute Gasteiger partial charge is 0.429 e. The standard InChI is InChI=1S/C14H9FN2O2/c15-10-3-1-9(2-4-10)14-12-7-11(19-8-18)5-6-13(12)16-17-14/h1-8H,(H,16,17). The van der Waals surface area contributed by atoms with Gasteiger partial charge in [-0.05, 0) is 42.5 Å². The number of benzene rings is 2. The van der Waals surface area contributed by atoms with Crippen molar-refractivity contribution < 1.29 is 13.9 Å². The summed E-state index contributed by atoms with van der Waals surface area (Å²) < 4.78 is 17.7. The van der Waals surface area contributed by atoms with Crippen LogP contribution in [0.3, 0.4) is 0 Å². The van der Waals surface area contributed by atoms with Crippen molar-refractivity contribution in [3.8, 4) is 17.0 Å². The highest BCUT2D eigenvalue weighted by atomic mass is 19.1. The Morgan fingerprint density at radius 1 is 1.16 bits per heavy atom. The lowest BCUT2D eigenvalue weighted by Gasteiger charge is -2.00. The zero-order chi connectivity index (χ0) is 13.2. The zero-order valence-corrected chi connectivity index (χ0v) is 9.76. The van der Waals surface area contributed by atoms with Gasteiger partial charge in [0.25, 0.3) is 6.47 Å². The third-order valence-corrected chi connectivity index (χ3v) is 2.84. The molecule has 0 saturated carbocycles. The fourth-order valence-corrected chi connectivity index (χ4v) is 1.95. The van der Waals surface area contributed by atoms with Gasteiger partial charge in [0, 0.05) is 10.9 Å². The van der Waals surface area contributed by atoms with Gasteiger partial charge >= 0.3 is 0 Å². The molecule has 0 aliphatic carbocycles. The summed E-state index contributed by atoms with van der Waals surface area (Å²) in [7, 11) is 0. The first-order chi connectivity index (χ1) is 9.28. The minimum Gasteiger partial charge on any atom is -0.429 e.